The molecule has 1 aromatic carbocycles. The fraction of sp³-hybridized carbons (Fsp3) is 0.273. The van der Waals surface area contributed by atoms with Crippen LogP contribution >= 0.6 is 0 Å². The van der Waals surface area contributed by atoms with Gasteiger partial charge in [-0.15, -0.1) is 0 Å². The average molecular weight is 256 g/mol. The molecule has 0 radical (unpaired) electrons. The highest BCUT2D eigenvalue weighted by Gasteiger charge is 2.02. The lowest BCUT2D eigenvalue weighted by molar-refractivity contribution is -0.116. The molecule has 5 nitrogen and oxygen atoms in total. The first kappa shape index (κ1) is 15.5. The summed E-state index contributed by atoms with van der Waals surface area (Å²) in [6.45, 7) is 1.59. The Morgan fingerprint density at radius 1 is 1.35 bits per heavy atom. The van der Waals surface area contributed by atoms with Gasteiger partial charge in [0.25, 0.3) is 0 Å². The molecule has 0 aliphatic heterocycles. The van der Waals surface area contributed by atoms with E-state index in [0.29, 0.717) is 11.3 Å². The number of hydrogen-bond acceptors (Lipinski definition) is 3. The third-order valence-electron chi connectivity index (χ3n) is 1.53. The highest BCUT2D eigenvalue weighted by Crippen LogP contribution is 2.01. The van der Waals surface area contributed by atoms with Crippen LogP contribution in [0.2, 0.25) is 0 Å². The molecule has 2 N–H and O–H groups in total. The van der Waals surface area contributed by atoms with E-state index in [1.165, 1.54) is 6.92 Å². The number of carbonyl (C=O) groups excluding carboxylic acids is 2. The normalized spacial score (nSPS) is 10.7. The van der Waals surface area contributed by atoms with Gasteiger partial charge in [-0.3, -0.25) is 9.59 Å². The van der Waals surface area contributed by atoms with Gasteiger partial charge < -0.3 is 5.32 Å². The van der Waals surface area contributed by atoms with Crippen molar-refractivity contribution < 1.29 is 13.8 Å². The summed E-state index contributed by atoms with van der Waals surface area (Å²) in [6.07, 6.45) is 0.625. The summed E-state index contributed by atoms with van der Waals surface area (Å²) in [4.78, 5) is 20.3. The predicted octanol–water partition coefficient (Wildman–Crippen LogP) is 0.250. The van der Waals surface area contributed by atoms with Gasteiger partial charge in [0, 0.05) is 7.05 Å². The van der Waals surface area contributed by atoms with Crippen molar-refractivity contribution in [3.05, 3.63) is 30.3 Å². The molecular formula is C11H16N2O3S. The molecule has 0 heterocycles. The summed E-state index contributed by atoms with van der Waals surface area (Å²) in [5.41, 5.74) is 0. The molecule has 1 atom stereocenters. The van der Waals surface area contributed by atoms with E-state index in [2.05, 4.69) is 10.0 Å². The molecule has 0 aliphatic carbocycles. The zero-order valence-corrected chi connectivity index (χ0v) is 10.6. The van der Waals surface area contributed by atoms with E-state index in [-0.39, 0.29) is 12.3 Å². The summed E-state index contributed by atoms with van der Waals surface area (Å²) in [5, 5.41) is 2.25. The van der Waals surface area contributed by atoms with Crippen molar-refractivity contribution in [2.75, 3.05) is 13.6 Å². The molecule has 0 saturated carbocycles. The molecule has 1 amide bonds. The monoisotopic (exact) mass is 256 g/mol. The molecule has 17 heavy (non-hydrogen) atoms. The SMILES string of the molecule is CC(=O)CNS(=O)c1ccccc1.CNC=O. The van der Waals surface area contributed by atoms with E-state index in [1.807, 2.05) is 18.2 Å². The number of amides is 1. The van der Waals surface area contributed by atoms with Crippen molar-refractivity contribution in [3.8, 4) is 0 Å². The maximum atomic E-state index is 11.4. The van der Waals surface area contributed by atoms with Gasteiger partial charge in [0.15, 0.2) is 0 Å². The Hall–Kier alpha value is -1.53. The molecule has 0 aliphatic rings. The molecule has 1 aromatic rings. The third-order valence-corrected chi connectivity index (χ3v) is 2.63. The molecule has 0 saturated heterocycles. The van der Waals surface area contributed by atoms with Gasteiger partial charge in [-0.2, -0.15) is 0 Å². The number of carbonyl (C=O) groups is 2. The number of nitrogens with one attached hydrogen (secondary N) is 2. The van der Waals surface area contributed by atoms with Crippen molar-refractivity contribution in [3.63, 3.8) is 0 Å². The van der Waals surface area contributed by atoms with Crippen LogP contribution in [0.15, 0.2) is 35.2 Å². The Kier molecular flexibility index (Phi) is 8.81. The van der Waals surface area contributed by atoms with Gasteiger partial charge in [-0.25, -0.2) is 8.93 Å². The molecule has 1 unspecified atom stereocenters. The Balaban J connectivity index is 0.000000557. The zero-order chi connectivity index (χ0) is 13.1. The number of ketones is 1. The standard InChI is InChI=1S/C9H11NO2S.C2H5NO/c1-8(11)7-10-13(12)9-5-3-2-4-6-9;1-3-2-4/h2-6,10H,7H2,1H3;2H,1H3,(H,3,4). The summed E-state index contributed by atoms with van der Waals surface area (Å²) in [6, 6.07) is 8.98. The van der Waals surface area contributed by atoms with Crippen LogP contribution in [-0.2, 0) is 20.6 Å². The van der Waals surface area contributed by atoms with Gasteiger partial charge in [0.05, 0.1) is 11.4 Å². The lowest BCUT2D eigenvalue weighted by Crippen LogP contribution is -2.23. The molecule has 0 aromatic heterocycles. The summed E-state index contributed by atoms with van der Waals surface area (Å²) < 4.78 is 14.0. The smallest absolute Gasteiger partial charge is 0.206 e. The summed E-state index contributed by atoms with van der Waals surface area (Å²) in [5.74, 6) is -0.0238. The second-order valence-corrected chi connectivity index (χ2v) is 4.31. The van der Waals surface area contributed by atoms with Crippen LogP contribution in [0.25, 0.3) is 0 Å². The van der Waals surface area contributed by atoms with E-state index in [4.69, 9.17) is 4.79 Å². The van der Waals surface area contributed by atoms with Crippen LogP contribution in [0.4, 0.5) is 0 Å². The molecule has 6 heteroatoms. The van der Waals surface area contributed by atoms with Gasteiger partial charge in [0.2, 0.25) is 6.41 Å². The highest BCUT2D eigenvalue weighted by atomic mass is 32.2. The highest BCUT2D eigenvalue weighted by molar-refractivity contribution is 7.83. The first-order chi connectivity index (χ1) is 8.11. The molecule has 0 spiro atoms. The van der Waals surface area contributed by atoms with Gasteiger partial charge in [-0.1, -0.05) is 18.2 Å². The topological polar surface area (TPSA) is 75.3 Å². The minimum Gasteiger partial charge on any atom is -0.362 e. The average Bonchev–Trinajstić information content (AvgIpc) is 2.37. The lowest BCUT2D eigenvalue weighted by atomic mass is 10.4. The van der Waals surface area contributed by atoms with E-state index >= 15 is 0 Å². The Morgan fingerprint density at radius 2 is 1.88 bits per heavy atom. The van der Waals surface area contributed by atoms with Crippen molar-refractivity contribution in [1.29, 1.82) is 0 Å². The molecule has 0 bridgehead atoms. The fourth-order valence-electron chi connectivity index (χ4n) is 0.795. The summed E-state index contributed by atoms with van der Waals surface area (Å²) in [7, 11) is 0.288. The van der Waals surface area contributed by atoms with Crippen molar-refractivity contribution in [1.82, 2.24) is 10.0 Å². The van der Waals surface area contributed by atoms with E-state index in [1.54, 1.807) is 19.2 Å². The number of Topliss-reactive ketones (excluding diaryl/α,β-unsaturated/α-hetero) is 1. The van der Waals surface area contributed by atoms with Crippen LogP contribution in [0, 0.1) is 0 Å². The van der Waals surface area contributed by atoms with E-state index < -0.39 is 11.0 Å². The van der Waals surface area contributed by atoms with Crippen LogP contribution in [0.1, 0.15) is 6.92 Å². The maximum absolute atomic E-state index is 11.4. The van der Waals surface area contributed by atoms with Gasteiger partial charge >= 0.3 is 0 Å². The number of hydrogen-bond donors (Lipinski definition) is 2. The molecule has 0 fully saturated rings. The van der Waals surface area contributed by atoms with Gasteiger partial charge in [0.1, 0.15) is 16.8 Å². The van der Waals surface area contributed by atoms with Crippen molar-refractivity contribution >= 4 is 23.2 Å². The Bertz CT molecular complexity index is 368. The van der Waals surface area contributed by atoms with Gasteiger partial charge in [-0.05, 0) is 19.1 Å². The van der Waals surface area contributed by atoms with Crippen LogP contribution in [0.3, 0.4) is 0 Å². The predicted molar refractivity (Wildman–Crippen MR) is 66.7 cm³/mol. The number of rotatable bonds is 5. The maximum Gasteiger partial charge on any atom is 0.206 e. The van der Waals surface area contributed by atoms with E-state index in [0.717, 1.165) is 0 Å². The second-order valence-electron chi connectivity index (χ2n) is 3.01. The second kappa shape index (κ2) is 9.68. The largest absolute Gasteiger partial charge is 0.362 e. The van der Waals surface area contributed by atoms with Crippen molar-refractivity contribution in [2.45, 2.75) is 11.8 Å². The van der Waals surface area contributed by atoms with Crippen LogP contribution in [0.5, 0.6) is 0 Å². The minimum atomic E-state index is -1.27. The third kappa shape index (κ3) is 8.29. The van der Waals surface area contributed by atoms with Crippen molar-refractivity contribution in [2.24, 2.45) is 0 Å². The quantitative estimate of drug-likeness (QED) is 0.742. The minimum absolute atomic E-state index is 0.0238. The molecular weight excluding hydrogens is 240 g/mol. The summed E-state index contributed by atoms with van der Waals surface area (Å²) >= 11 is 0. The Labute approximate surface area is 103 Å². The first-order valence-corrected chi connectivity index (χ1v) is 6.07. The van der Waals surface area contributed by atoms with Crippen LogP contribution < -0.4 is 10.0 Å². The van der Waals surface area contributed by atoms with Crippen LogP contribution in [-0.4, -0.2) is 30.0 Å². The van der Waals surface area contributed by atoms with E-state index in [9.17, 15) is 9.00 Å². The fourth-order valence-corrected chi connectivity index (χ4v) is 1.70. The lowest BCUT2D eigenvalue weighted by Gasteiger charge is -2.01. The Morgan fingerprint density at radius 3 is 2.29 bits per heavy atom. The molecule has 94 valence electrons. The molecule has 1 rings (SSSR count). The number of benzene rings is 1. The zero-order valence-electron chi connectivity index (χ0n) is 9.80. The first-order valence-electron chi connectivity index (χ1n) is 4.92.